The molecule has 168 valence electrons. The van der Waals surface area contributed by atoms with Crippen LogP contribution >= 0.6 is 0 Å². The van der Waals surface area contributed by atoms with Crippen LogP contribution in [0.1, 0.15) is 25.0 Å². The van der Waals surface area contributed by atoms with Crippen LogP contribution in [0.5, 0.6) is 0 Å². The Labute approximate surface area is 176 Å². The van der Waals surface area contributed by atoms with E-state index in [1.165, 1.54) is 23.0 Å². The van der Waals surface area contributed by atoms with Gasteiger partial charge in [0.05, 0.1) is 31.9 Å². The van der Waals surface area contributed by atoms with Gasteiger partial charge in [-0.1, -0.05) is 6.07 Å². The van der Waals surface area contributed by atoms with Crippen molar-refractivity contribution in [3.05, 3.63) is 46.5 Å². The second kappa shape index (κ2) is 8.46. The number of aliphatic hydroxyl groups is 1. The third-order valence-corrected chi connectivity index (χ3v) is 5.71. The summed E-state index contributed by atoms with van der Waals surface area (Å²) in [5, 5.41) is 10.6. The van der Waals surface area contributed by atoms with E-state index in [-0.39, 0.29) is 31.5 Å². The number of β-amino-alcohol motifs (C(OH)–C–C–N with tert-alkyl or cyclic N) is 1. The lowest BCUT2D eigenvalue weighted by Crippen LogP contribution is -2.54. The van der Waals surface area contributed by atoms with Crippen molar-refractivity contribution >= 4 is 11.8 Å². The molecule has 1 unspecified atom stereocenters. The number of morpholine rings is 1. The summed E-state index contributed by atoms with van der Waals surface area (Å²) >= 11 is 0. The average Bonchev–Trinajstić information content (AvgIpc) is 2.74. The van der Waals surface area contributed by atoms with Crippen molar-refractivity contribution in [3.63, 3.8) is 0 Å². The van der Waals surface area contributed by atoms with Crippen molar-refractivity contribution < 1.29 is 23.0 Å². The first-order valence-corrected chi connectivity index (χ1v) is 10.1. The SMILES string of the molecule is C[C@@H]1COCCN1c1cc(=O)n2c(n1)N(C[C@@H](O)c1cccnc1)C(C(F)(F)F)CC2. The van der Waals surface area contributed by atoms with Gasteiger partial charge in [0.25, 0.3) is 5.56 Å². The van der Waals surface area contributed by atoms with E-state index in [0.29, 0.717) is 31.1 Å². The molecule has 1 saturated heterocycles. The molecule has 31 heavy (non-hydrogen) atoms. The van der Waals surface area contributed by atoms with Crippen molar-refractivity contribution in [1.29, 1.82) is 0 Å². The number of hydrogen-bond donors (Lipinski definition) is 1. The quantitative estimate of drug-likeness (QED) is 0.777. The first-order valence-electron chi connectivity index (χ1n) is 10.1. The summed E-state index contributed by atoms with van der Waals surface area (Å²) in [4.78, 5) is 24.0. The Morgan fingerprint density at radius 3 is 2.84 bits per heavy atom. The van der Waals surface area contributed by atoms with Crippen LogP contribution in [-0.4, -0.2) is 64.2 Å². The molecule has 0 aliphatic carbocycles. The summed E-state index contributed by atoms with van der Waals surface area (Å²) in [5.74, 6) is 0.230. The molecular formula is C20H24F3N5O3. The van der Waals surface area contributed by atoms with Crippen molar-refractivity contribution in [3.8, 4) is 0 Å². The number of hydrogen-bond acceptors (Lipinski definition) is 7. The monoisotopic (exact) mass is 439 g/mol. The van der Waals surface area contributed by atoms with Gasteiger partial charge in [-0.25, -0.2) is 0 Å². The fraction of sp³-hybridized carbons (Fsp3) is 0.550. The van der Waals surface area contributed by atoms with E-state index in [9.17, 15) is 23.1 Å². The van der Waals surface area contributed by atoms with Gasteiger partial charge in [-0.2, -0.15) is 18.2 Å². The topological polar surface area (TPSA) is 83.7 Å². The van der Waals surface area contributed by atoms with Crippen molar-refractivity contribution in [2.24, 2.45) is 0 Å². The third kappa shape index (κ3) is 4.38. The molecule has 0 spiro atoms. The number of aromatic nitrogens is 3. The molecule has 0 radical (unpaired) electrons. The Morgan fingerprint density at radius 2 is 2.16 bits per heavy atom. The summed E-state index contributed by atoms with van der Waals surface area (Å²) in [6.07, 6.45) is -3.15. The lowest BCUT2D eigenvalue weighted by molar-refractivity contribution is -0.153. The summed E-state index contributed by atoms with van der Waals surface area (Å²) < 4.78 is 48.3. The second-order valence-corrected chi connectivity index (χ2v) is 7.82. The highest BCUT2D eigenvalue weighted by Crippen LogP contribution is 2.35. The molecule has 4 heterocycles. The van der Waals surface area contributed by atoms with Crippen LogP contribution in [-0.2, 0) is 11.3 Å². The van der Waals surface area contributed by atoms with Gasteiger partial charge < -0.3 is 19.6 Å². The van der Waals surface area contributed by atoms with E-state index in [2.05, 4.69) is 9.97 Å². The molecule has 0 saturated carbocycles. The molecular weight excluding hydrogens is 415 g/mol. The van der Waals surface area contributed by atoms with E-state index in [1.807, 2.05) is 11.8 Å². The lowest BCUT2D eigenvalue weighted by atomic mass is 10.1. The Bertz CT molecular complexity index is 969. The van der Waals surface area contributed by atoms with E-state index in [4.69, 9.17) is 4.74 Å². The molecule has 2 aromatic heterocycles. The molecule has 11 heteroatoms. The molecule has 2 aliphatic rings. The predicted octanol–water partition coefficient (Wildman–Crippen LogP) is 1.74. The van der Waals surface area contributed by atoms with Crippen molar-refractivity contribution in [1.82, 2.24) is 14.5 Å². The summed E-state index contributed by atoms with van der Waals surface area (Å²) in [5.41, 5.74) is -0.0268. The number of alkyl halides is 3. The van der Waals surface area contributed by atoms with Crippen molar-refractivity contribution in [2.45, 2.75) is 44.3 Å². The molecule has 2 aliphatic heterocycles. The Hall–Kier alpha value is -2.66. The summed E-state index contributed by atoms with van der Waals surface area (Å²) in [6.45, 7) is 2.81. The van der Waals surface area contributed by atoms with Crippen LogP contribution < -0.4 is 15.4 Å². The second-order valence-electron chi connectivity index (χ2n) is 7.82. The zero-order chi connectivity index (χ0) is 22.2. The zero-order valence-electron chi connectivity index (χ0n) is 17.0. The number of ether oxygens (including phenoxy) is 1. The maximum absolute atomic E-state index is 13.9. The Kier molecular flexibility index (Phi) is 5.89. The number of pyridine rings is 1. The lowest BCUT2D eigenvalue weighted by Gasteiger charge is -2.41. The third-order valence-electron chi connectivity index (χ3n) is 5.71. The highest BCUT2D eigenvalue weighted by atomic mass is 19.4. The molecule has 8 nitrogen and oxygen atoms in total. The molecule has 0 bridgehead atoms. The molecule has 1 N–H and O–H groups in total. The molecule has 1 fully saturated rings. The molecule has 4 rings (SSSR count). The minimum Gasteiger partial charge on any atom is -0.386 e. The molecule has 3 atom stereocenters. The van der Waals surface area contributed by atoms with Crippen LogP contribution in [0.15, 0.2) is 35.4 Å². The van der Waals surface area contributed by atoms with Gasteiger partial charge in [0.1, 0.15) is 11.9 Å². The van der Waals surface area contributed by atoms with Crippen LogP contribution in [0.2, 0.25) is 0 Å². The fourth-order valence-electron chi connectivity index (χ4n) is 4.09. The number of aliphatic hydroxyl groups excluding tert-OH is 1. The van der Waals surface area contributed by atoms with E-state index >= 15 is 0 Å². The average molecular weight is 439 g/mol. The highest BCUT2D eigenvalue weighted by molar-refractivity contribution is 5.48. The van der Waals surface area contributed by atoms with Gasteiger partial charge in [0, 0.05) is 37.1 Å². The molecule has 2 aromatic rings. The maximum atomic E-state index is 13.9. The van der Waals surface area contributed by atoms with Crippen LogP contribution in [0.3, 0.4) is 0 Å². The predicted molar refractivity (Wildman–Crippen MR) is 107 cm³/mol. The van der Waals surface area contributed by atoms with E-state index < -0.39 is 23.9 Å². The number of rotatable bonds is 4. The number of halogens is 3. The van der Waals surface area contributed by atoms with Crippen molar-refractivity contribution in [2.75, 3.05) is 36.1 Å². The van der Waals surface area contributed by atoms with E-state index in [1.54, 1.807) is 12.1 Å². The molecule has 0 amide bonds. The smallest absolute Gasteiger partial charge is 0.386 e. The molecule has 0 aromatic carbocycles. The Morgan fingerprint density at radius 1 is 1.35 bits per heavy atom. The minimum absolute atomic E-state index is 0.0693. The summed E-state index contributed by atoms with van der Waals surface area (Å²) in [6, 6.07) is 2.62. The highest BCUT2D eigenvalue weighted by Gasteiger charge is 2.47. The first-order chi connectivity index (χ1) is 14.8. The normalized spacial score (nSPS) is 22.9. The van der Waals surface area contributed by atoms with E-state index in [0.717, 1.165) is 4.90 Å². The number of anilines is 2. The minimum atomic E-state index is -4.54. The fourth-order valence-corrected chi connectivity index (χ4v) is 4.09. The first kappa shape index (κ1) is 21.6. The van der Waals surface area contributed by atoms with Gasteiger partial charge >= 0.3 is 6.18 Å². The zero-order valence-corrected chi connectivity index (χ0v) is 17.0. The van der Waals surface area contributed by atoms with Gasteiger partial charge in [-0.3, -0.25) is 14.3 Å². The maximum Gasteiger partial charge on any atom is 0.408 e. The standard InChI is InChI=1S/C20H24F3N5O3/c1-13-12-31-8-7-26(13)17-9-18(30)27-6-4-16(20(21,22)23)28(19(27)25-17)11-15(29)14-3-2-5-24-10-14/h2-3,5,9-10,13,15-16,29H,4,6-8,11-12H2,1H3/t13-,15-,16?/m1/s1. The largest absolute Gasteiger partial charge is 0.408 e. The number of nitrogens with zero attached hydrogens (tertiary/aromatic N) is 5. The number of fused-ring (bicyclic) bond motifs is 1. The van der Waals surface area contributed by atoms with Crippen LogP contribution in [0.4, 0.5) is 24.9 Å². The van der Waals surface area contributed by atoms with Gasteiger partial charge in [0.2, 0.25) is 5.95 Å². The van der Waals surface area contributed by atoms with Crippen LogP contribution in [0, 0.1) is 0 Å². The van der Waals surface area contributed by atoms with Gasteiger partial charge in [-0.05, 0) is 19.4 Å². The van der Waals surface area contributed by atoms with Gasteiger partial charge in [-0.15, -0.1) is 0 Å². The summed E-state index contributed by atoms with van der Waals surface area (Å²) in [7, 11) is 0. The Balaban J connectivity index is 1.75. The van der Waals surface area contributed by atoms with Gasteiger partial charge in [0.15, 0.2) is 0 Å². The van der Waals surface area contributed by atoms with Crippen LogP contribution in [0.25, 0.3) is 0 Å².